The van der Waals surface area contributed by atoms with Crippen molar-refractivity contribution >= 4 is 5.97 Å². The molecule has 0 saturated carbocycles. The van der Waals surface area contributed by atoms with E-state index in [-0.39, 0.29) is 17.6 Å². The number of tetrazole rings is 1. The Labute approximate surface area is 253 Å². The van der Waals surface area contributed by atoms with E-state index >= 15 is 0 Å². The number of unbranched alkanes of at least 4 members (excludes halogenated alkanes) is 2. The number of hydrogen-bond acceptors (Lipinski definition) is 6. The Kier molecular flexibility index (Phi) is 9.58. The lowest BCUT2D eigenvalue weighted by molar-refractivity contribution is -0.160. The number of esters is 1. The lowest BCUT2D eigenvalue weighted by Crippen LogP contribution is -2.45. The van der Waals surface area contributed by atoms with E-state index in [0.717, 1.165) is 72.0 Å². The first-order chi connectivity index (χ1) is 21.0. The number of ether oxygens (including phenoxy) is 1. The summed E-state index contributed by atoms with van der Waals surface area (Å²) in [5, 5.41) is 14.4. The third kappa shape index (κ3) is 5.82. The number of rotatable bonds is 13. The summed E-state index contributed by atoms with van der Waals surface area (Å²) in [6.07, 6.45) is 7.69. The molecular weight excluding hydrogens is 540 g/mol. The van der Waals surface area contributed by atoms with Crippen molar-refractivity contribution in [3.63, 3.8) is 0 Å². The van der Waals surface area contributed by atoms with Crippen molar-refractivity contribution < 1.29 is 9.53 Å². The molecule has 0 aliphatic carbocycles. The summed E-state index contributed by atoms with van der Waals surface area (Å²) >= 11 is 0. The summed E-state index contributed by atoms with van der Waals surface area (Å²) in [7, 11) is 0. The molecule has 1 aliphatic heterocycles. The van der Waals surface area contributed by atoms with E-state index in [0.29, 0.717) is 38.2 Å². The Morgan fingerprint density at radius 3 is 2.42 bits per heavy atom. The zero-order valence-electron chi connectivity index (χ0n) is 25.9. The number of nitrogens with one attached hydrogen (secondary N) is 1. The summed E-state index contributed by atoms with van der Waals surface area (Å²) in [6, 6.07) is 16.4. The molecule has 2 aromatic heterocycles. The number of carbonyl (C=O) groups is 1. The lowest BCUT2D eigenvalue weighted by atomic mass is 9.73. The van der Waals surface area contributed by atoms with Gasteiger partial charge in [-0.3, -0.25) is 14.3 Å². The van der Waals surface area contributed by atoms with Crippen LogP contribution in [0.25, 0.3) is 22.5 Å². The fourth-order valence-electron chi connectivity index (χ4n) is 6.92. The van der Waals surface area contributed by atoms with Gasteiger partial charge < -0.3 is 4.74 Å². The molecule has 0 amide bonds. The van der Waals surface area contributed by atoms with Crippen LogP contribution in [0.1, 0.15) is 95.5 Å². The maximum atomic E-state index is 14.1. The van der Waals surface area contributed by atoms with Gasteiger partial charge in [0, 0.05) is 29.8 Å². The molecule has 3 heterocycles. The largest absolute Gasteiger partial charge is 0.466 e. The highest BCUT2D eigenvalue weighted by molar-refractivity contribution is 5.80. The molecule has 2 aromatic carbocycles. The molecule has 1 N–H and O–H groups in total. The molecule has 9 heteroatoms. The summed E-state index contributed by atoms with van der Waals surface area (Å²) in [5.74, 6) is 0.481. The van der Waals surface area contributed by atoms with Crippen LogP contribution in [0.15, 0.2) is 53.3 Å². The number of aromatic amines is 1. The fraction of sp³-hybridized carbons (Fsp3) is 0.500. The first-order valence-corrected chi connectivity index (χ1v) is 15.9. The number of H-pyrrole nitrogens is 1. The predicted molar refractivity (Wildman–Crippen MR) is 168 cm³/mol. The molecule has 0 radical (unpaired) electrons. The van der Waals surface area contributed by atoms with Crippen LogP contribution >= 0.6 is 0 Å². The molecule has 0 saturated heterocycles. The minimum absolute atomic E-state index is 0.0772. The van der Waals surface area contributed by atoms with Gasteiger partial charge in [-0.25, -0.2) is 9.78 Å². The minimum atomic E-state index is -0.658. The third-order valence-corrected chi connectivity index (χ3v) is 9.29. The molecular formula is C34H44N6O3. The van der Waals surface area contributed by atoms with Gasteiger partial charge in [-0.15, -0.1) is 5.10 Å². The van der Waals surface area contributed by atoms with Gasteiger partial charge in [-0.05, 0) is 72.6 Å². The van der Waals surface area contributed by atoms with Crippen molar-refractivity contribution in [1.82, 2.24) is 30.0 Å². The van der Waals surface area contributed by atoms with Crippen LogP contribution in [-0.2, 0) is 28.9 Å². The second-order valence-corrected chi connectivity index (χ2v) is 11.6. The number of aromatic nitrogens is 6. The summed E-state index contributed by atoms with van der Waals surface area (Å²) < 4.78 is 9.82. The number of benzene rings is 2. The van der Waals surface area contributed by atoms with E-state index in [2.05, 4.69) is 76.4 Å². The van der Waals surface area contributed by atoms with E-state index in [1.807, 2.05) is 29.8 Å². The van der Waals surface area contributed by atoms with Gasteiger partial charge in [0.05, 0.1) is 18.1 Å². The average molecular weight is 585 g/mol. The summed E-state index contributed by atoms with van der Waals surface area (Å²) in [4.78, 5) is 27.6. The van der Waals surface area contributed by atoms with E-state index in [1.165, 1.54) is 0 Å². The van der Waals surface area contributed by atoms with E-state index in [1.54, 1.807) is 0 Å². The van der Waals surface area contributed by atoms with Crippen LogP contribution in [0.5, 0.6) is 0 Å². The van der Waals surface area contributed by atoms with Crippen LogP contribution in [0.3, 0.4) is 0 Å². The van der Waals surface area contributed by atoms with E-state index in [4.69, 9.17) is 4.74 Å². The van der Waals surface area contributed by atoms with E-state index in [9.17, 15) is 9.59 Å². The first kappa shape index (κ1) is 30.4. The highest BCUT2D eigenvalue weighted by Crippen LogP contribution is 2.45. The SMILES string of the molecule is CCCCCc1c(Cc2ccc(-c3ccccc3-c3nnn[nH]3)cc2)c(=O)n2n1C(C(CC)(CC)C(=O)OCC)CCC2. The number of fused-ring (bicyclic) bond motifs is 1. The molecule has 5 rings (SSSR count). The van der Waals surface area contributed by atoms with Crippen molar-refractivity contribution in [3.05, 3.63) is 75.7 Å². The molecule has 43 heavy (non-hydrogen) atoms. The number of carbonyl (C=O) groups excluding carboxylic acids is 1. The highest BCUT2D eigenvalue weighted by atomic mass is 16.5. The molecule has 1 aliphatic rings. The monoisotopic (exact) mass is 584 g/mol. The van der Waals surface area contributed by atoms with E-state index < -0.39 is 5.41 Å². The van der Waals surface area contributed by atoms with Crippen molar-refractivity contribution in [3.8, 4) is 22.5 Å². The molecule has 0 spiro atoms. The minimum Gasteiger partial charge on any atom is -0.466 e. The predicted octanol–water partition coefficient (Wildman–Crippen LogP) is 6.52. The quantitative estimate of drug-likeness (QED) is 0.142. The van der Waals surface area contributed by atoms with Gasteiger partial charge in [-0.1, -0.05) is 82.1 Å². The number of hydrogen-bond donors (Lipinski definition) is 1. The molecule has 9 nitrogen and oxygen atoms in total. The smallest absolute Gasteiger partial charge is 0.314 e. The normalized spacial score (nSPS) is 14.9. The van der Waals surface area contributed by atoms with Crippen molar-refractivity contribution in [2.75, 3.05) is 6.61 Å². The van der Waals surface area contributed by atoms with Gasteiger partial charge in [0.2, 0.25) is 0 Å². The van der Waals surface area contributed by atoms with Gasteiger partial charge >= 0.3 is 5.97 Å². The highest BCUT2D eigenvalue weighted by Gasteiger charge is 2.47. The van der Waals surface area contributed by atoms with Gasteiger partial charge in [0.1, 0.15) is 0 Å². The maximum absolute atomic E-state index is 14.1. The van der Waals surface area contributed by atoms with Crippen LogP contribution in [0, 0.1) is 5.41 Å². The molecule has 4 aromatic rings. The zero-order valence-corrected chi connectivity index (χ0v) is 25.9. The third-order valence-electron chi connectivity index (χ3n) is 9.29. The molecule has 228 valence electrons. The van der Waals surface area contributed by atoms with Crippen LogP contribution in [0.4, 0.5) is 0 Å². The molecule has 1 atom stereocenters. The number of nitrogens with zero attached hydrogens (tertiary/aromatic N) is 5. The second kappa shape index (κ2) is 13.5. The van der Waals surface area contributed by atoms with Crippen LogP contribution in [0.2, 0.25) is 0 Å². The van der Waals surface area contributed by atoms with Crippen molar-refractivity contribution in [1.29, 1.82) is 0 Å². The zero-order chi connectivity index (χ0) is 30.4. The maximum Gasteiger partial charge on any atom is 0.314 e. The Hall–Kier alpha value is -4.01. The van der Waals surface area contributed by atoms with Gasteiger partial charge in [-0.2, -0.15) is 0 Å². The lowest BCUT2D eigenvalue weighted by Gasteiger charge is -2.42. The standard InChI is InChI=1S/C34H44N6O3/c1-5-9-10-16-29-28(32(41)39-22-13-17-30(40(29)39)34(6-2,7-3)33(42)43-8-4)23-24-18-20-25(21-19-24)26-14-11-12-15-27(26)31-35-37-38-36-31/h11-12,14-15,18-21,30H,5-10,13,16-17,22-23H2,1-4H3,(H,35,36,37,38). The van der Waals surface area contributed by atoms with Crippen molar-refractivity contribution in [2.24, 2.45) is 5.41 Å². The topological polar surface area (TPSA) is 108 Å². The summed E-state index contributed by atoms with van der Waals surface area (Å²) in [5.41, 5.74) is 5.46. The Morgan fingerprint density at radius 2 is 1.77 bits per heavy atom. The summed E-state index contributed by atoms with van der Waals surface area (Å²) in [6.45, 7) is 9.26. The average Bonchev–Trinajstić information content (AvgIpc) is 3.67. The molecule has 0 bridgehead atoms. The van der Waals surface area contributed by atoms with Crippen LogP contribution < -0.4 is 5.56 Å². The molecule has 1 unspecified atom stereocenters. The van der Waals surface area contributed by atoms with Gasteiger partial charge in [0.15, 0.2) is 5.82 Å². The van der Waals surface area contributed by atoms with Gasteiger partial charge in [0.25, 0.3) is 5.56 Å². The Morgan fingerprint density at radius 1 is 1.02 bits per heavy atom. The first-order valence-electron chi connectivity index (χ1n) is 15.9. The molecule has 0 fully saturated rings. The Bertz CT molecular complexity index is 1560. The van der Waals surface area contributed by atoms with Crippen LogP contribution in [-0.4, -0.2) is 42.6 Å². The second-order valence-electron chi connectivity index (χ2n) is 11.6. The fourth-order valence-corrected chi connectivity index (χ4v) is 6.92. The van der Waals surface area contributed by atoms with Crippen molar-refractivity contribution in [2.45, 2.75) is 98.1 Å². The Balaban J connectivity index is 1.53.